The van der Waals surface area contributed by atoms with Crippen molar-refractivity contribution in [3.63, 3.8) is 0 Å². The van der Waals surface area contributed by atoms with Crippen LogP contribution in [0.3, 0.4) is 0 Å². The maximum Gasteiger partial charge on any atom is 0.126 e. The van der Waals surface area contributed by atoms with E-state index in [4.69, 9.17) is 0 Å². The number of aromatic nitrogens is 1. The van der Waals surface area contributed by atoms with Crippen molar-refractivity contribution in [3.05, 3.63) is 23.9 Å². The third-order valence-electron chi connectivity index (χ3n) is 3.29. The Morgan fingerprint density at radius 1 is 1.47 bits per heavy atom. The Morgan fingerprint density at radius 2 is 2.35 bits per heavy atom. The summed E-state index contributed by atoms with van der Waals surface area (Å²) in [6, 6.07) is 6.25. The molecule has 0 amide bonds. The Balaban J connectivity index is 1.95. The molecular weight excluding hydrogens is 210 g/mol. The molecule has 1 aliphatic heterocycles. The Labute approximate surface area is 104 Å². The van der Waals surface area contributed by atoms with Crippen molar-refractivity contribution < 1.29 is 0 Å². The highest BCUT2D eigenvalue weighted by Crippen LogP contribution is 2.17. The first kappa shape index (κ1) is 12.4. The van der Waals surface area contributed by atoms with Crippen LogP contribution in [0, 0.1) is 5.92 Å². The lowest BCUT2D eigenvalue weighted by Crippen LogP contribution is -2.34. The molecule has 1 saturated heterocycles. The van der Waals surface area contributed by atoms with Crippen molar-refractivity contribution in [2.75, 3.05) is 25.0 Å². The van der Waals surface area contributed by atoms with Crippen molar-refractivity contribution in [1.82, 2.24) is 9.88 Å². The van der Waals surface area contributed by atoms with Gasteiger partial charge in [0, 0.05) is 19.6 Å². The summed E-state index contributed by atoms with van der Waals surface area (Å²) in [4.78, 5) is 7.15. The van der Waals surface area contributed by atoms with E-state index in [0.717, 1.165) is 24.8 Å². The van der Waals surface area contributed by atoms with Crippen LogP contribution < -0.4 is 5.32 Å². The molecule has 1 aromatic heterocycles. The third kappa shape index (κ3) is 3.70. The smallest absolute Gasteiger partial charge is 0.126 e. The van der Waals surface area contributed by atoms with E-state index in [-0.39, 0.29) is 0 Å². The Bertz CT molecular complexity index is 351. The van der Waals surface area contributed by atoms with Crippen LogP contribution in [0.2, 0.25) is 0 Å². The molecule has 1 fully saturated rings. The Hall–Kier alpha value is -1.09. The SMILES string of the molecule is CCNc1cccc(CN2CCCC(C)C2)n1. The van der Waals surface area contributed by atoms with E-state index in [1.807, 2.05) is 6.07 Å². The monoisotopic (exact) mass is 233 g/mol. The Kier molecular flexibility index (Phi) is 4.37. The van der Waals surface area contributed by atoms with Gasteiger partial charge in [0.15, 0.2) is 0 Å². The molecule has 0 saturated carbocycles. The van der Waals surface area contributed by atoms with Crippen LogP contribution in [-0.4, -0.2) is 29.5 Å². The number of likely N-dealkylation sites (tertiary alicyclic amines) is 1. The molecule has 3 nitrogen and oxygen atoms in total. The molecule has 0 aliphatic carbocycles. The van der Waals surface area contributed by atoms with E-state index in [1.165, 1.54) is 31.6 Å². The summed E-state index contributed by atoms with van der Waals surface area (Å²) in [5.74, 6) is 1.83. The van der Waals surface area contributed by atoms with Crippen molar-refractivity contribution in [3.8, 4) is 0 Å². The molecule has 17 heavy (non-hydrogen) atoms. The number of nitrogens with zero attached hydrogens (tertiary/aromatic N) is 2. The molecule has 3 heteroatoms. The van der Waals surface area contributed by atoms with Crippen LogP contribution >= 0.6 is 0 Å². The normalized spacial score (nSPS) is 21.4. The van der Waals surface area contributed by atoms with E-state index in [9.17, 15) is 0 Å². The van der Waals surface area contributed by atoms with Crippen molar-refractivity contribution in [2.45, 2.75) is 33.2 Å². The molecule has 2 rings (SSSR count). The van der Waals surface area contributed by atoms with Crippen LogP contribution in [-0.2, 0) is 6.54 Å². The minimum Gasteiger partial charge on any atom is -0.370 e. The maximum atomic E-state index is 4.63. The predicted octanol–water partition coefficient (Wildman–Crippen LogP) is 2.75. The van der Waals surface area contributed by atoms with Crippen LogP contribution in [0.5, 0.6) is 0 Å². The van der Waals surface area contributed by atoms with Gasteiger partial charge in [0.25, 0.3) is 0 Å². The molecule has 0 bridgehead atoms. The first-order valence-corrected chi connectivity index (χ1v) is 6.70. The molecule has 1 aromatic rings. The van der Waals surface area contributed by atoms with Gasteiger partial charge in [0.05, 0.1) is 5.69 Å². The highest BCUT2D eigenvalue weighted by molar-refractivity contribution is 5.34. The van der Waals surface area contributed by atoms with Gasteiger partial charge in [0.1, 0.15) is 5.82 Å². The fourth-order valence-electron chi connectivity index (χ4n) is 2.51. The largest absolute Gasteiger partial charge is 0.370 e. The number of nitrogens with one attached hydrogen (secondary N) is 1. The van der Waals surface area contributed by atoms with Gasteiger partial charge in [-0.2, -0.15) is 0 Å². The molecular formula is C14H23N3. The van der Waals surface area contributed by atoms with E-state index in [2.05, 4.69) is 41.2 Å². The zero-order valence-electron chi connectivity index (χ0n) is 10.9. The number of anilines is 1. The quantitative estimate of drug-likeness (QED) is 0.866. The zero-order chi connectivity index (χ0) is 12.1. The summed E-state index contributed by atoms with van der Waals surface area (Å²) in [5, 5.41) is 3.26. The molecule has 0 radical (unpaired) electrons. The van der Waals surface area contributed by atoms with E-state index < -0.39 is 0 Å². The van der Waals surface area contributed by atoms with E-state index >= 15 is 0 Å². The maximum absolute atomic E-state index is 4.63. The summed E-state index contributed by atoms with van der Waals surface area (Å²) >= 11 is 0. The molecule has 1 N–H and O–H groups in total. The minimum atomic E-state index is 0.834. The first-order chi connectivity index (χ1) is 8.28. The van der Waals surface area contributed by atoms with Crippen molar-refractivity contribution in [2.24, 2.45) is 5.92 Å². The highest BCUT2D eigenvalue weighted by Gasteiger charge is 2.16. The minimum absolute atomic E-state index is 0.834. The second kappa shape index (κ2) is 6.01. The van der Waals surface area contributed by atoms with Gasteiger partial charge in [-0.3, -0.25) is 4.90 Å². The van der Waals surface area contributed by atoms with Crippen LogP contribution in [0.1, 0.15) is 32.4 Å². The lowest BCUT2D eigenvalue weighted by molar-refractivity contribution is 0.175. The molecule has 0 spiro atoms. The van der Waals surface area contributed by atoms with Crippen LogP contribution in [0.4, 0.5) is 5.82 Å². The molecule has 2 heterocycles. The summed E-state index contributed by atoms with van der Waals surface area (Å²) in [6.45, 7) is 8.79. The Morgan fingerprint density at radius 3 is 3.12 bits per heavy atom. The molecule has 1 atom stereocenters. The predicted molar refractivity (Wildman–Crippen MR) is 72.1 cm³/mol. The highest BCUT2D eigenvalue weighted by atomic mass is 15.1. The van der Waals surface area contributed by atoms with Gasteiger partial charge >= 0.3 is 0 Å². The molecule has 0 aromatic carbocycles. The first-order valence-electron chi connectivity index (χ1n) is 6.70. The summed E-state index contributed by atoms with van der Waals surface area (Å²) in [7, 11) is 0. The van der Waals surface area contributed by atoms with Gasteiger partial charge < -0.3 is 5.32 Å². The number of piperidine rings is 1. The van der Waals surface area contributed by atoms with E-state index in [0.29, 0.717) is 0 Å². The molecule has 94 valence electrons. The lowest BCUT2D eigenvalue weighted by Gasteiger charge is -2.30. The van der Waals surface area contributed by atoms with Crippen molar-refractivity contribution >= 4 is 5.82 Å². The standard InChI is InChI=1S/C14H23N3/c1-3-15-14-8-4-7-13(16-14)11-17-9-5-6-12(2)10-17/h4,7-8,12H,3,5-6,9-11H2,1-2H3,(H,15,16). The number of pyridine rings is 1. The third-order valence-corrected chi connectivity index (χ3v) is 3.29. The second-order valence-electron chi connectivity index (χ2n) is 5.03. The summed E-state index contributed by atoms with van der Waals surface area (Å²) in [6.07, 6.45) is 2.70. The van der Waals surface area contributed by atoms with Gasteiger partial charge in [-0.05, 0) is 44.4 Å². The van der Waals surface area contributed by atoms with Crippen LogP contribution in [0.15, 0.2) is 18.2 Å². The van der Waals surface area contributed by atoms with Gasteiger partial charge in [-0.25, -0.2) is 4.98 Å². The average molecular weight is 233 g/mol. The zero-order valence-corrected chi connectivity index (χ0v) is 10.9. The fourth-order valence-corrected chi connectivity index (χ4v) is 2.51. The number of hydrogen-bond acceptors (Lipinski definition) is 3. The molecule has 1 aliphatic rings. The molecule has 1 unspecified atom stereocenters. The van der Waals surface area contributed by atoms with Gasteiger partial charge in [-0.15, -0.1) is 0 Å². The number of rotatable bonds is 4. The van der Waals surface area contributed by atoms with Crippen LogP contribution in [0.25, 0.3) is 0 Å². The van der Waals surface area contributed by atoms with E-state index in [1.54, 1.807) is 0 Å². The average Bonchev–Trinajstić information content (AvgIpc) is 2.30. The second-order valence-corrected chi connectivity index (χ2v) is 5.03. The lowest BCUT2D eigenvalue weighted by atomic mass is 10.0. The van der Waals surface area contributed by atoms with Gasteiger partial charge in [0.2, 0.25) is 0 Å². The van der Waals surface area contributed by atoms with Gasteiger partial charge in [-0.1, -0.05) is 13.0 Å². The fraction of sp³-hybridized carbons (Fsp3) is 0.643. The topological polar surface area (TPSA) is 28.2 Å². The summed E-state index contributed by atoms with van der Waals surface area (Å²) < 4.78 is 0. The van der Waals surface area contributed by atoms with Crippen molar-refractivity contribution in [1.29, 1.82) is 0 Å². The summed E-state index contributed by atoms with van der Waals surface area (Å²) in [5.41, 5.74) is 1.18. The number of hydrogen-bond donors (Lipinski definition) is 1.